The van der Waals surface area contributed by atoms with E-state index in [2.05, 4.69) is 27.3 Å². The number of halogens is 2. The molecule has 0 atom stereocenters. The molecule has 0 unspecified atom stereocenters. The van der Waals surface area contributed by atoms with Crippen LogP contribution in [-0.4, -0.2) is 6.54 Å². The molecule has 1 aromatic carbocycles. The lowest BCUT2D eigenvalue weighted by Crippen LogP contribution is -2.14. The van der Waals surface area contributed by atoms with Crippen LogP contribution in [0.15, 0.2) is 22.7 Å². The van der Waals surface area contributed by atoms with E-state index in [1.165, 1.54) is 12.1 Å². The summed E-state index contributed by atoms with van der Waals surface area (Å²) >= 11 is 3.28. The average Bonchev–Trinajstić information content (AvgIpc) is 2.21. The van der Waals surface area contributed by atoms with Crippen molar-refractivity contribution in [2.45, 2.75) is 20.3 Å². The number of rotatable bonds is 4. The summed E-state index contributed by atoms with van der Waals surface area (Å²) in [4.78, 5) is 0. The molecule has 0 saturated heterocycles. The minimum atomic E-state index is -0.334. The molecule has 0 radical (unpaired) electrons. The highest BCUT2D eigenvalue weighted by molar-refractivity contribution is 9.10. The van der Waals surface area contributed by atoms with E-state index in [0.717, 1.165) is 12.1 Å². The second kappa shape index (κ2) is 5.31. The molecule has 0 aliphatic heterocycles. The van der Waals surface area contributed by atoms with Gasteiger partial charge in [0.15, 0.2) is 0 Å². The smallest absolute Gasteiger partial charge is 0.124 e. The molecule has 1 N–H and O–H groups in total. The lowest BCUT2D eigenvalue weighted by Gasteiger charge is -2.16. The quantitative estimate of drug-likeness (QED) is 0.909. The zero-order valence-corrected chi connectivity index (χ0v) is 10.9. The molecule has 0 aromatic heterocycles. The first-order valence-corrected chi connectivity index (χ1v) is 5.84. The van der Waals surface area contributed by atoms with E-state index >= 15 is 0 Å². The molecule has 0 heterocycles. The molecule has 0 aliphatic rings. The minimum absolute atomic E-state index is 0.269. The van der Waals surface area contributed by atoms with Gasteiger partial charge in [-0.3, -0.25) is 0 Å². The number of hydrogen-bond acceptors (Lipinski definition) is 2. The van der Waals surface area contributed by atoms with Gasteiger partial charge in [0.05, 0.1) is 11.5 Å². The van der Waals surface area contributed by atoms with Gasteiger partial charge in [0.2, 0.25) is 0 Å². The van der Waals surface area contributed by atoms with Gasteiger partial charge >= 0.3 is 0 Å². The highest BCUT2D eigenvalue weighted by Gasteiger charge is 2.15. The maximum absolute atomic E-state index is 12.8. The van der Waals surface area contributed by atoms with Gasteiger partial charge in [-0.15, -0.1) is 0 Å². The van der Waals surface area contributed by atoms with E-state index in [1.807, 2.05) is 13.8 Å². The molecule has 1 aromatic rings. The van der Waals surface area contributed by atoms with Crippen molar-refractivity contribution in [3.63, 3.8) is 0 Å². The van der Waals surface area contributed by atoms with Crippen molar-refractivity contribution < 1.29 is 4.39 Å². The summed E-state index contributed by atoms with van der Waals surface area (Å²) in [5, 5.41) is 12.0. The Balaban J connectivity index is 2.53. The predicted octanol–water partition coefficient (Wildman–Crippen LogP) is 3.94. The van der Waals surface area contributed by atoms with Crippen LogP contribution in [0.1, 0.15) is 20.3 Å². The second-order valence-electron chi connectivity index (χ2n) is 4.30. The van der Waals surface area contributed by atoms with Crippen LogP contribution < -0.4 is 5.32 Å². The first-order valence-electron chi connectivity index (χ1n) is 5.05. The van der Waals surface area contributed by atoms with Gasteiger partial charge in [-0.2, -0.15) is 5.26 Å². The fourth-order valence-electron chi connectivity index (χ4n) is 1.20. The van der Waals surface area contributed by atoms with Gasteiger partial charge < -0.3 is 5.32 Å². The van der Waals surface area contributed by atoms with Crippen LogP contribution in [-0.2, 0) is 0 Å². The Bertz CT molecular complexity index is 410. The summed E-state index contributed by atoms with van der Waals surface area (Å²) in [7, 11) is 0. The van der Waals surface area contributed by atoms with Crippen LogP contribution in [0.4, 0.5) is 10.1 Å². The van der Waals surface area contributed by atoms with E-state index in [9.17, 15) is 4.39 Å². The monoisotopic (exact) mass is 284 g/mol. The average molecular weight is 285 g/mol. The summed E-state index contributed by atoms with van der Waals surface area (Å²) in [6, 6.07) is 6.74. The Morgan fingerprint density at radius 3 is 2.75 bits per heavy atom. The van der Waals surface area contributed by atoms with Crippen LogP contribution in [0, 0.1) is 22.6 Å². The summed E-state index contributed by atoms with van der Waals surface area (Å²) < 4.78 is 13.5. The molecule has 0 fully saturated rings. The zero-order valence-electron chi connectivity index (χ0n) is 9.35. The summed E-state index contributed by atoms with van der Waals surface area (Å²) in [5.74, 6) is -0.269. The number of anilines is 1. The van der Waals surface area contributed by atoms with Crippen molar-refractivity contribution in [1.29, 1.82) is 5.26 Å². The summed E-state index contributed by atoms with van der Waals surface area (Å²) in [5.41, 5.74) is 0.509. The third-order valence-electron chi connectivity index (χ3n) is 2.30. The number of hydrogen-bond donors (Lipinski definition) is 1. The SMILES string of the molecule is CC(C)(C#N)CCNc1ccc(F)cc1Br. The third-order valence-corrected chi connectivity index (χ3v) is 2.96. The van der Waals surface area contributed by atoms with Crippen molar-refractivity contribution in [2.24, 2.45) is 5.41 Å². The van der Waals surface area contributed by atoms with Gasteiger partial charge in [-0.05, 0) is 54.4 Å². The van der Waals surface area contributed by atoms with Gasteiger partial charge in [-0.25, -0.2) is 4.39 Å². The standard InChI is InChI=1S/C12H14BrFN2/c1-12(2,8-15)5-6-16-11-4-3-9(14)7-10(11)13/h3-4,7,16H,5-6H2,1-2H3. The zero-order chi connectivity index (χ0) is 12.2. The highest BCUT2D eigenvalue weighted by Crippen LogP contribution is 2.24. The van der Waals surface area contributed by atoms with Crippen LogP contribution >= 0.6 is 15.9 Å². The highest BCUT2D eigenvalue weighted by atomic mass is 79.9. The van der Waals surface area contributed by atoms with Gasteiger partial charge in [0, 0.05) is 16.7 Å². The molecule has 0 amide bonds. The van der Waals surface area contributed by atoms with E-state index < -0.39 is 0 Å². The van der Waals surface area contributed by atoms with Crippen molar-refractivity contribution in [2.75, 3.05) is 11.9 Å². The minimum Gasteiger partial charge on any atom is -0.384 e. The molecule has 1 rings (SSSR count). The maximum Gasteiger partial charge on any atom is 0.124 e. The van der Waals surface area contributed by atoms with Crippen molar-refractivity contribution in [3.8, 4) is 6.07 Å². The Hall–Kier alpha value is -1.08. The fraction of sp³-hybridized carbons (Fsp3) is 0.417. The van der Waals surface area contributed by atoms with Gasteiger partial charge in [-0.1, -0.05) is 0 Å². The van der Waals surface area contributed by atoms with E-state index in [1.54, 1.807) is 6.07 Å². The van der Waals surface area contributed by atoms with Crippen LogP contribution in [0.5, 0.6) is 0 Å². The molecule has 0 saturated carbocycles. The summed E-state index contributed by atoms with van der Waals surface area (Å²) in [6.07, 6.45) is 0.743. The molecule has 16 heavy (non-hydrogen) atoms. The molecular weight excluding hydrogens is 271 g/mol. The lowest BCUT2D eigenvalue weighted by molar-refractivity contribution is 0.466. The van der Waals surface area contributed by atoms with Crippen molar-refractivity contribution >= 4 is 21.6 Å². The lowest BCUT2D eigenvalue weighted by atomic mass is 9.91. The first-order chi connectivity index (χ1) is 7.44. The molecule has 2 nitrogen and oxygen atoms in total. The second-order valence-corrected chi connectivity index (χ2v) is 5.15. The summed E-state index contributed by atoms with van der Waals surface area (Å²) in [6.45, 7) is 4.48. The number of nitrogens with one attached hydrogen (secondary N) is 1. The Kier molecular flexibility index (Phi) is 4.31. The Labute approximate surface area is 104 Å². The molecule has 0 bridgehead atoms. The van der Waals surface area contributed by atoms with Crippen LogP contribution in [0.3, 0.4) is 0 Å². The Morgan fingerprint density at radius 2 is 2.19 bits per heavy atom. The van der Waals surface area contributed by atoms with Crippen LogP contribution in [0.25, 0.3) is 0 Å². The molecule has 86 valence electrons. The molecule has 0 spiro atoms. The number of nitrogens with zero attached hydrogens (tertiary/aromatic N) is 1. The number of nitriles is 1. The largest absolute Gasteiger partial charge is 0.384 e. The van der Waals surface area contributed by atoms with E-state index in [0.29, 0.717) is 11.0 Å². The fourth-order valence-corrected chi connectivity index (χ4v) is 1.69. The molecular formula is C12H14BrFN2. The van der Waals surface area contributed by atoms with E-state index in [-0.39, 0.29) is 11.2 Å². The number of benzene rings is 1. The van der Waals surface area contributed by atoms with Gasteiger partial charge in [0.25, 0.3) is 0 Å². The maximum atomic E-state index is 12.8. The van der Waals surface area contributed by atoms with E-state index in [4.69, 9.17) is 5.26 Å². The van der Waals surface area contributed by atoms with Crippen molar-refractivity contribution in [3.05, 3.63) is 28.5 Å². The van der Waals surface area contributed by atoms with Crippen LogP contribution in [0.2, 0.25) is 0 Å². The topological polar surface area (TPSA) is 35.8 Å². The molecule has 0 aliphatic carbocycles. The third kappa shape index (κ3) is 3.82. The predicted molar refractivity (Wildman–Crippen MR) is 66.6 cm³/mol. The normalized spacial score (nSPS) is 10.9. The Morgan fingerprint density at radius 1 is 1.50 bits per heavy atom. The molecule has 4 heteroatoms. The first kappa shape index (κ1) is 13.0. The van der Waals surface area contributed by atoms with Gasteiger partial charge in [0.1, 0.15) is 5.82 Å². The van der Waals surface area contributed by atoms with Crippen molar-refractivity contribution in [1.82, 2.24) is 0 Å².